The number of nitrogens with zero attached hydrogens (tertiary/aromatic N) is 2. The molecule has 1 unspecified atom stereocenters. The Morgan fingerprint density at radius 1 is 1.43 bits per heavy atom. The van der Waals surface area contributed by atoms with Crippen LogP contribution in [0, 0.1) is 5.92 Å². The van der Waals surface area contributed by atoms with Gasteiger partial charge in [0.1, 0.15) is 5.15 Å². The third-order valence-corrected chi connectivity index (χ3v) is 5.73. The first-order chi connectivity index (χ1) is 11.0. The summed E-state index contributed by atoms with van der Waals surface area (Å²) in [7, 11) is -2.84. The molecule has 2 heterocycles. The molecule has 0 aromatic carbocycles. The Bertz CT molecular complexity index is 631. The van der Waals surface area contributed by atoms with Gasteiger partial charge in [-0.2, -0.15) is 0 Å². The smallest absolute Gasteiger partial charge is 0.191 e. The van der Waals surface area contributed by atoms with Crippen LogP contribution in [0.3, 0.4) is 0 Å². The van der Waals surface area contributed by atoms with Crippen LogP contribution in [0.25, 0.3) is 0 Å². The maximum absolute atomic E-state index is 11.5. The molecule has 1 aliphatic heterocycles. The highest BCUT2D eigenvalue weighted by Gasteiger charge is 2.27. The van der Waals surface area contributed by atoms with Gasteiger partial charge in [0, 0.05) is 25.8 Å². The van der Waals surface area contributed by atoms with E-state index in [-0.39, 0.29) is 11.7 Å². The molecular weight excluding hydrogens is 336 g/mol. The van der Waals surface area contributed by atoms with Gasteiger partial charge in [-0.1, -0.05) is 17.7 Å². The molecule has 0 bridgehead atoms. The number of aromatic nitrogens is 1. The molecule has 0 saturated carbocycles. The van der Waals surface area contributed by atoms with Crippen molar-refractivity contribution in [3.05, 3.63) is 29.0 Å². The van der Waals surface area contributed by atoms with Gasteiger partial charge in [0.2, 0.25) is 0 Å². The summed E-state index contributed by atoms with van der Waals surface area (Å²) in [5.41, 5.74) is 1.10. The van der Waals surface area contributed by atoms with E-state index in [4.69, 9.17) is 11.6 Å². The second kappa shape index (κ2) is 8.49. The molecule has 0 amide bonds. The highest BCUT2D eigenvalue weighted by molar-refractivity contribution is 7.91. The summed E-state index contributed by atoms with van der Waals surface area (Å²) in [6, 6.07) is 3.72. The second-order valence-electron chi connectivity index (χ2n) is 5.65. The number of rotatable bonds is 6. The average Bonchev–Trinajstić information content (AvgIpc) is 2.86. The molecule has 0 aliphatic carbocycles. The van der Waals surface area contributed by atoms with Gasteiger partial charge in [0.05, 0.1) is 11.5 Å². The number of aliphatic imine (C=N–C) groups is 1. The second-order valence-corrected chi connectivity index (χ2v) is 8.27. The lowest BCUT2D eigenvalue weighted by Gasteiger charge is -2.12. The molecule has 1 aliphatic rings. The Morgan fingerprint density at radius 3 is 2.87 bits per heavy atom. The van der Waals surface area contributed by atoms with Gasteiger partial charge in [-0.3, -0.25) is 4.99 Å². The van der Waals surface area contributed by atoms with Crippen LogP contribution in [0.2, 0.25) is 5.15 Å². The summed E-state index contributed by atoms with van der Waals surface area (Å²) in [6.07, 6.45) is 3.28. The number of pyridine rings is 1. The molecule has 1 saturated heterocycles. The van der Waals surface area contributed by atoms with E-state index in [1.54, 1.807) is 12.3 Å². The van der Waals surface area contributed by atoms with Crippen LogP contribution in [0.5, 0.6) is 0 Å². The van der Waals surface area contributed by atoms with Gasteiger partial charge in [0.25, 0.3) is 0 Å². The summed E-state index contributed by atoms with van der Waals surface area (Å²) in [4.78, 5) is 8.55. The Kier molecular flexibility index (Phi) is 6.65. The van der Waals surface area contributed by atoms with E-state index in [2.05, 4.69) is 20.6 Å². The maximum Gasteiger partial charge on any atom is 0.191 e. The zero-order valence-electron chi connectivity index (χ0n) is 13.3. The fourth-order valence-corrected chi connectivity index (χ4v) is 4.42. The van der Waals surface area contributed by atoms with Crippen LogP contribution >= 0.6 is 11.6 Å². The molecule has 2 rings (SSSR count). The van der Waals surface area contributed by atoms with Crippen LogP contribution in [0.15, 0.2) is 23.3 Å². The first kappa shape index (κ1) is 18.0. The lowest BCUT2D eigenvalue weighted by Crippen LogP contribution is -2.38. The molecule has 1 aromatic heterocycles. The first-order valence-electron chi connectivity index (χ1n) is 7.81. The third kappa shape index (κ3) is 6.35. The van der Waals surface area contributed by atoms with Gasteiger partial charge in [-0.05, 0) is 37.3 Å². The van der Waals surface area contributed by atoms with E-state index < -0.39 is 9.84 Å². The minimum Gasteiger partial charge on any atom is -0.357 e. The predicted octanol–water partition coefficient (Wildman–Crippen LogP) is 1.27. The fraction of sp³-hybridized carbons (Fsp3) is 0.600. The Hall–Kier alpha value is -1.34. The fourth-order valence-electron chi connectivity index (χ4n) is 2.46. The summed E-state index contributed by atoms with van der Waals surface area (Å²) in [5.74, 6) is 1.40. The number of guanidine groups is 1. The molecule has 23 heavy (non-hydrogen) atoms. The SMILES string of the molecule is CCNC(=NCC1CCS(=O)(=O)C1)NCCc1ccc(Cl)nc1. The first-order valence-corrected chi connectivity index (χ1v) is 10.0. The van der Waals surface area contributed by atoms with Crippen LogP contribution in [0.1, 0.15) is 18.9 Å². The van der Waals surface area contributed by atoms with Crippen molar-refractivity contribution < 1.29 is 8.42 Å². The van der Waals surface area contributed by atoms with E-state index in [0.29, 0.717) is 23.9 Å². The lowest BCUT2D eigenvalue weighted by molar-refractivity contribution is 0.589. The molecule has 0 radical (unpaired) electrons. The molecule has 8 heteroatoms. The van der Waals surface area contributed by atoms with Crippen molar-refractivity contribution in [2.75, 3.05) is 31.1 Å². The maximum atomic E-state index is 11.5. The van der Waals surface area contributed by atoms with Gasteiger partial charge in [0.15, 0.2) is 15.8 Å². The van der Waals surface area contributed by atoms with Gasteiger partial charge in [-0.15, -0.1) is 0 Å². The van der Waals surface area contributed by atoms with Crippen molar-refractivity contribution in [2.45, 2.75) is 19.8 Å². The molecule has 1 atom stereocenters. The number of hydrogen-bond acceptors (Lipinski definition) is 4. The number of hydrogen-bond donors (Lipinski definition) is 2. The summed E-state index contributed by atoms with van der Waals surface area (Å²) >= 11 is 5.76. The summed E-state index contributed by atoms with van der Waals surface area (Å²) in [6.45, 7) is 4.02. The minimum absolute atomic E-state index is 0.135. The predicted molar refractivity (Wildman–Crippen MR) is 93.7 cm³/mol. The van der Waals surface area contributed by atoms with Gasteiger partial charge < -0.3 is 10.6 Å². The van der Waals surface area contributed by atoms with E-state index in [1.807, 2.05) is 13.0 Å². The Labute approximate surface area is 142 Å². The molecule has 128 valence electrons. The zero-order valence-corrected chi connectivity index (χ0v) is 14.8. The number of halogens is 1. The Balaban J connectivity index is 1.80. The van der Waals surface area contributed by atoms with Crippen LogP contribution in [-0.4, -0.2) is 50.5 Å². The zero-order chi connectivity index (χ0) is 16.7. The van der Waals surface area contributed by atoms with E-state index in [1.165, 1.54) is 0 Å². The molecule has 1 fully saturated rings. The summed E-state index contributed by atoms with van der Waals surface area (Å²) < 4.78 is 22.9. The van der Waals surface area contributed by atoms with E-state index in [0.717, 1.165) is 31.0 Å². The number of nitrogens with one attached hydrogen (secondary N) is 2. The van der Waals surface area contributed by atoms with Gasteiger partial charge in [-0.25, -0.2) is 13.4 Å². The highest BCUT2D eigenvalue weighted by atomic mass is 35.5. The monoisotopic (exact) mass is 358 g/mol. The van der Waals surface area contributed by atoms with Crippen molar-refractivity contribution in [3.63, 3.8) is 0 Å². The van der Waals surface area contributed by atoms with E-state index >= 15 is 0 Å². The van der Waals surface area contributed by atoms with Crippen LogP contribution < -0.4 is 10.6 Å². The van der Waals surface area contributed by atoms with E-state index in [9.17, 15) is 8.42 Å². The van der Waals surface area contributed by atoms with Crippen molar-refractivity contribution in [2.24, 2.45) is 10.9 Å². The average molecular weight is 359 g/mol. The third-order valence-electron chi connectivity index (χ3n) is 3.67. The summed E-state index contributed by atoms with van der Waals surface area (Å²) in [5, 5.41) is 6.92. The Morgan fingerprint density at radius 2 is 2.26 bits per heavy atom. The topological polar surface area (TPSA) is 83.5 Å². The molecule has 1 aromatic rings. The molecule has 0 spiro atoms. The van der Waals surface area contributed by atoms with Gasteiger partial charge >= 0.3 is 0 Å². The van der Waals surface area contributed by atoms with Crippen molar-refractivity contribution in [3.8, 4) is 0 Å². The molecular formula is C15H23ClN4O2S. The lowest BCUT2D eigenvalue weighted by atomic mass is 10.1. The largest absolute Gasteiger partial charge is 0.357 e. The minimum atomic E-state index is -2.84. The van der Waals surface area contributed by atoms with Crippen molar-refractivity contribution in [1.29, 1.82) is 0 Å². The highest BCUT2D eigenvalue weighted by Crippen LogP contribution is 2.18. The van der Waals surface area contributed by atoms with Crippen molar-refractivity contribution in [1.82, 2.24) is 15.6 Å². The number of sulfone groups is 1. The molecule has 2 N–H and O–H groups in total. The molecule has 6 nitrogen and oxygen atoms in total. The van der Waals surface area contributed by atoms with Crippen LogP contribution in [0.4, 0.5) is 0 Å². The standard InChI is InChI=1S/C15H23ClN4O2S/c1-2-17-15(20-10-13-6-8-23(21,22)11-13)18-7-5-12-3-4-14(16)19-9-12/h3-4,9,13H,2,5-8,10-11H2,1H3,(H2,17,18,20). The normalized spacial score (nSPS) is 20.4. The van der Waals surface area contributed by atoms with Crippen molar-refractivity contribution >= 4 is 27.4 Å². The quantitative estimate of drug-likeness (QED) is 0.454. The van der Waals surface area contributed by atoms with Crippen LogP contribution in [-0.2, 0) is 16.3 Å².